The van der Waals surface area contributed by atoms with Crippen molar-refractivity contribution in [3.05, 3.63) is 41.7 Å². The third-order valence-electron chi connectivity index (χ3n) is 2.08. The molecule has 3 nitrogen and oxygen atoms in total. The highest BCUT2D eigenvalue weighted by Gasteiger charge is 2.10. The van der Waals surface area contributed by atoms with Crippen LogP contribution in [0.25, 0.3) is 11.3 Å². The number of nitrogens with zero attached hydrogens (tertiary/aromatic N) is 1. The standard InChI is InChI=1S/C11H10FNO2/c1-7-11(15-10(6-14)13-7)8-2-4-9(12)5-3-8/h2-5,14H,6H2,1H3. The number of rotatable bonds is 2. The molecule has 0 fully saturated rings. The Morgan fingerprint density at radius 1 is 1.33 bits per heavy atom. The normalized spacial score (nSPS) is 10.6. The van der Waals surface area contributed by atoms with Gasteiger partial charge in [0.15, 0.2) is 5.76 Å². The highest BCUT2D eigenvalue weighted by Crippen LogP contribution is 2.24. The lowest BCUT2D eigenvalue weighted by molar-refractivity contribution is 0.241. The van der Waals surface area contributed by atoms with E-state index in [4.69, 9.17) is 9.52 Å². The van der Waals surface area contributed by atoms with Crippen LogP contribution in [0.15, 0.2) is 28.7 Å². The van der Waals surface area contributed by atoms with Gasteiger partial charge >= 0.3 is 0 Å². The molecule has 0 aliphatic carbocycles. The van der Waals surface area contributed by atoms with Crippen molar-refractivity contribution < 1.29 is 13.9 Å². The Labute approximate surface area is 86.2 Å². The monoisotopic (exact) mass is 207 g/mol. The van der Waals surface area contributed by atoms with Crippen LogP contribution in [0.5, 0.6) is 0 Å². The van der Waals surface area contributed by atoms with Crippen molar-refractivity contribution in [3.8, 4) is 11.3 Å². The zero-order chi connectivity index (χ0) is 10.8. The van der Waals surface area contributed by atoms with Crippen LogP contribution in [0, 0.1) is 12.7 Å². The lowest BCUT2D eigenvalue weighted by atomic mass is 10.1. The molecule has 2 rings (SSSR count). The Bertz CT molecular complexity index is 462. The number of aromatic nitrogens is 1. The van der Waals surface area contributed by atoms with E-state index in [1.807, 2.05) is 0 Å². The van der Waals surface area contributed by atoms with Crippen molar-refractivity contribution in [3.63, 3.8) is 0 Å². The third-order valence-corrected chi connectivity index (χ3v) is 2.08. The van der Waals surface area contributed by atoms with E-state index in [2.05, 4.69) is 4.98 Å². The van der Waals surface area contributed by atoms with Crippen molar-refractivity contribution >= 4 is 0 Å². The maximum atomic E-state index is 12.7. The molecule has 0 radical (unpaired) electrons. The summed E-state index contributed by atoms with van der Waals surface area (Å²) < 4.78 is 18.0. The fourth-order valence-electron chi connectivity index (χ4n) is 1.39. The Morgan fingerprint density at radius 3 is 2.53 bits per heavy atom. The molecule has 1 aromatic heterocycles. The van der Waals surface area contributed by atoms with Gasteiger partial charge in [-0.15, -0.1) is 0 Å². The summed E-state index contributed by atoms with van der Waals surface area (Å²) in [5.74, 6) is 0.546. The van der Waals surface area contributed by atoms with Gasteiger partial charge in [-0.25, -0.2) is 9.37 Å². The number of aryl methyl sites for hydroxylation is 1. The van der Waals surface area contributed by atoms with Crippen molar-refractivity contribution in [2.75, 3.05) is 0 Å². The van der Waals surface area contributed by atoms with Gasteiger partial charge in [-0.3, -0.25) is 0 Å². The van der Waals surface area contributed by atoms with E-state index in [0.717, 1.165) is 5.56 Å². The molecule has 0 unspecified atom stereocenters. The van der Waals surface area contributed by atoms with Crippen LogP contribution >= 0.6 is 0 Å². The first kappa shape index (κ1) is 9.86. The van der Waals surface area contributed by atoms with E-state index in [1.54, 1.807) is 19.1 Å². The lowest BCUT2D eigenvalue weighted by Crippen LogP contribution is -1.80. The second-order valence-corrected chi connectivity index (χ2v) is 3.19. The van der Waals surface area contributed by atoms with E-state index in [1.165, 1.54) is 12.1 Å². The SMILES string of the molecule is Cc1nc(CO)oc1-c1ccc(F)cc1. The third kappa shape index (κ3) is 1.89. The molecule has 0 aliphatic rings. The summed E-state index contributed by atoms with van der Waals surface area (Å²) in [6.07, 6.45) is 0. The van der Waals surface area contributed by atoms with Gasteiger partial charge in [-0.1, -0.05) is 0 Å². The molecule has 4 heteroatoms. The van der Waals surface area contributed by atoms with Crippen LogP contribution in [-0.4, -0.2) is 10.1 Å². The molecule has 0 amide bonds. The van der Waals surface area contributed by atoms with E-state index in [-0.39, 0.29) is 18.3 Å². The van der Waals surface area contributed by atoms with E-state index >= 15 is 0 Å². The molecule has 0 aliphatic heterocycles. The van der Waals surface area contributed by atoms with Gasteiger partial charge in [0.05, 0.1) is 5.69 Å². The van der Waals surface area contributed by atoms with Crippen LogP contribution < -0.4 is 0 Å². The second-order valence-electron chi connectivity index (χ2n) is 3.19. The zero-order valence-corrected chi connectivity index (χ0v) is 8.20. The Balaban J connectivity index is 2.44. The maximum absolute atomic E-state index is 12.7. The van der Waals surface area contributed by atoms with Gasteiger partial charge < -0.3 is 9.52 Å². The minimum atomic E-state index is -0.293. The largest absolute Gasteiger partial charge is 0.438 e. The highest BCUT2D eigenvalue weighted by molar-refractivity contribution is 5.59. The van der Waals surface area contributed by atoms with Crippen LogP contribution in [0.3, 0.4) is 0 Å². The van der Waals surface area contributed by atoms with Gasteiger partial charge in [0.25, 0.3) is 0 Å². The number of halogens is 1. The lowest BCUT2D eigenvalue weighted by Gasteiger charge is -1.96. The molecule has 0 saturated heterocycles. The molecule has 0 atom stereocenters. The summed E-state index contributed by atoms with van der Waals surface area (Å²) in [6.45, 7) is 1.55. The van der Waals surface area contributed by atoms with Crippen LogP contribution in [0.2, 0.25) is 0 Å². The number of aliphatic hydroxyl groups excluding tert-OH is 1. The second kappa shape index (κ2) is 3.82. The number of hydrogen-bond acceptors (Lipinski definition) is 3. The average Bonchev–Trinajstić information content (AvgIpc) is 2.61. The molecule has 2 aromatic rings. The number of oxazole rings is 1. The molecule has 15 heavy (non-hydrogen) atoms. The predicted octanol–water partition coefficient (Wildman–Crippen LogP) is 2.28. The smallest absolute Gasteiger partial charge is 0.220 e. The molecule has 0 spiro atoms. The molecule has 1 heterocycles. The quantitative estimate of drug-likeness (QED) is 0.821. The van der Waals surface area contributed by atoms with Crippen molar-refractivity contribution in [1.29, 1.82) is 0 Å². The average molecular weight is 207 g/mol. The first-order chi connectivity index (χ1) is 7.20. The summed E-state index contributed by atoms with van der Waals surface area (Å²) in [7, 11) is 0. The molecular weight excluding hydrogens is 197 g/mol. The minimum Gasteiger partial charge on any atom is -0.438 e. The van der Waals surface area contributed by atoms with Crippen molar-refractivity contribution in [2.45, 2.75) is 13.5 Å². The van der Waals surface area contributed by atoms with Gasteiger partial charge in [0.1, 0.15) is 12.4 Å². The molecule has 78 valence electrons. The summed E-state index contributed by atoms with van der Waals surface area (Å²) in [4.78, 5) is 4.02. The summed E-state index contributed by atoms with van der Waals surface area (Å²) in [5.41, 5.74) is 1.44. The van der Waals surface area contributed by atoms with Crippen LogP contribution in [0.4, 0.5) is 4.39 Å². The Kier molecular flexibility index (Phi) is 2.51. The highest BCUT2D eigenvalue weighted by atomic mass is 19.1. The number of aliphatic hydroxyl groups is 1. The first-order valence-corrected chi connectivity index (χ1v) is 4.54. The zero-order valence-electron chi connectivity index (χ0n) is 8.20. The molecule has 1 N–H and O–H groups in total. The minimum absolute atomic E-state index is 0.234. The van der Waals surface area contributed by atoms with Gasteiger partial charge in [-0.05, 0) is 31.2 Å². The van der Waals surface area contributed by atoms with Gasteiger partial charge in [0.2, 0.25) is 5.89 Å². The summed E-state index contributed by atoms with van der Waals surface area (Å²) in [6, 6.07) is 5.94. The maximum Gasteiger partial charge on any atom is 0.220 e. The van der Waals surface area contributed by atoms with Crippen molar-refractivity contribution in [2.24, 2.45) is 0 Å². The van der Waals surface area contributed by atoms with Gasteiger partial charge in [-0.2, -0.15) is 0 Å². The van der Waals surface area contributed by atoms with Gasteiger partial charge in [0, 0.05) is 5.56 Å². The van der Waals surface area contributed by atoms with Crippen LogP contribution in [0.1, 0.15) is 11.6 Å². The summed E-state index contributed by atoms with van der Waals surface area (Å²) >= 11 is 0. The molecule has 0 saturated carbocycles. The Morgan fingerprint density at radius 2 is 2.00 bits per heavy atom. The molecule has 0 bridgehead atoms. The molecule has 1 aromatic carbocycles. The topological polar surface area (TPSA) is 46.3 Å². The first-order valence-electron chi connectivity index (χ1n) is 4.54. The Hall–Kier alpha value is -1.68. The fourth-order valence-corrected chi connectivity index (χ4v) is 1.39. The summed E-state index contributed by atoms with van der Waals surface area (Å²) in [5, 5.41) is 8.85. The van der Waals surface area contributed by atoms with Crippen LogP contribution in [-0.2, 0) is 6.61 Å². The number of benzene rings is 1. The predicted molar refractivity (Wildman–Crippen MR) is 52.6 cm³/mol. The molecular formula is C11H10FNO2. The fraction of sp³-hybridized carbons (Fsp3) is 0.182. The van der Waals surface area contributed by atoms with E-state index in [9.17, 15) is 4.39 Å². The van der Waals surface area contributed by atoms with E-state index in [0.29, 0.717) is 11.5 Å². The number of hydrogen-bond donors (Lipinski definition) is 1. The van der Waals surface area contributed by atoms with Crippen molar-refractivity contribution in [1.82, 2.24) is 4.98 Å². The van der Waals surface area contributed by atoms with E-state index < -0.39 is 0 Å².